The third-order valence-corrected chi connectivity index (χ3v) is 7.22. The van der Waals surface area contributed by atoms with Crippen molar-refractivity contribution in [2.75, 3.05) is 26.2 Å². The molecule has 1 saturated carbocycles. The number of carbonyl (C=O) groups is 2. The highest BCUT2D eigenvalue weighted by atomic mass is 16.5. The van der Waals surface area contributed by atoms with Crippen LogP contribution < -0.4 is 10.1 Å². The van der Waals surface area contributed by atoms with Gasteiger partial charge < -0.3 is 25.2 Å². The normalized spacial score (nSPS) is 19.2. The van der Waals surface area contributed by atoms with Crippen LogP contribution in [0.15, 0.2) is 42.0 Å². The monoisotopic (exact) mass is 498 g/mol. The van der Waals surface area contributed by atoms with E-state index in [1.807, 2.05) is 50.3 Å². The molecule has 2 atom stereocenters. The van der Waals surface area contributed by atoms with Crippen LogP contribution in [-0.2, 0) is 9.59 Å². The highest BCUT2D eigenvalue weighted by Gasteiger charge is 2.34. The fourth-order valence-electron chi connectivity index (χ4n) is 4.88. The number of aliphatic hydroxyl groups is 2. The van der Waals surface area contributed by atoms with Gasteiger partial charge in [0.05, 0.1) is 6.61 Å². The van der Waals surface area contributed by atoms with E-state index in [0.29, 0.717) is 13.1 Å². The second-order valence-corrected chi connectivity index (χ2v) is 10.1. The van der Waals surface area contributed by atoms with Crippen LogP contribution in [-0.4, -0.2) is 65.4 Å². The van der Waals surface area contributed by atoms with E-state index >= 15 is 0 Å². The first kappa shape index (κ1) is 27.9. The van der Waals surface area contributed by atoms with Gasteiger partial charge in [0.25, 0.3) is 11.8 Å². The number of aliphatic hydroxyl groups excluding tert-OH is 2. The average molecular weight is 499 g/mol. The van der Waals surface area contributed by atoms with Gasteiger partial charge in [-0.2, -0.15) is 0 Å². The van der Waals surface area contributed by atoms with E-state index in [4.69, 9.17) is 4.74 Å². The number of nitrogens with zero attached hydrogens (tertiary/aromatic N) is 1. The zero-order valence-electron chi connectivity index (χ0n) is 21.7. The Kier molecular flexibility index (Phi) is 11.0. The minimum atomic E-state index is -1.79. The molecule has 2 aliphatic rings. The van der Waals surface area contributed by atoms with Crippen molar-refractivity contribution in [3.8, 4) is 5.75 Å². The molecule has 7 nitrogen and oxygen atoms in total. The summed E-state index contributed by atoms with van der Waals surface area (Å²) in [7, 11) is 0. The topological polar surface area (TPSA) is 99.1 Å². The van der Waals surface area contributed by atoms with Crippen LogP contribution in [0.25, 0.3) is 5.57 Å². The molecular weight excluding hydrogens is 456 g/mol. The molecule has 0 radical (unpaired) electrons. The number of hydrogen-bond acceptors (Lipinski definition) is 5. The van der Waals surface area contributed by atoms with Gasteiger partial charge in [0, 0.05) is 25.2 Å². The number of benzene rings is 1. The zero-order chi connectivity index (χ0) is 25.9. The van der Waals surface area contributed by atoms with Crippen molar-refractivity contribution in [3.05, 3.63) is 47.6 Å². The molecule has 36 heavy (non-hydrogen) atoms. The second-order valence-electron chi connectivity index (χ2n) is 10.1. The van der Waals surface area contributed by atoms with Crippen molar-refractivity contribution in [2.45, 2.75) is 77.4 Å². The summed E-state index contributed by atoms with van der Waals surface area (Å²) in [6, 6.07) is 8.02. The van der Waals surface area contributed by atoms with Gasteiger partial charge in [-0.3, -0.25) is 9.59 Å². The smallest absolute Gasteiger partial charge is 0.254 e. The molecule has 3 N–H and O–H groups in total. The van der Waals surface area contributed by atoms with Crippen molar-refractivity contribution >= 4 is 17.4 Å². The number of nitrogens with one attached hydrogen (secondary N) is 1. The Morgan fingerprint density at radius 3 is 2.44 bits per heavy atom. The number of amides is 2. The van der Waals surface area contributed by atoms with Crippen molar-refractivity contribution in [1.29, 1.82) is 0 Å². The summed E-state index contributed by atoms with van der Waals surface area (Å²) in [6.07, 6.45) is 9.86. The van der Waals surface area contributed by atoms with Crippen molar-refractivity contribution in [3.63, 3.8) is 0 Å². The van der Waals surface area contributed by atoms with Gasteiger partial charge in [-0.25, -0.2) is 0 Å². The Balaban J connectivity index is 1.49. The molecule has 3 rings (SSSR count). The van der Waals surface area contributed by atoms with Crippen molar-refractivity contribution in [2.24, 2.45) is 5.92 Å². The lowest BCUT2D eigenvalue weighted by Gasteiger charge is -2.22. The summed E-state index contributed by atoms with van der Waals surface area (Å²) in [5.74, 6) is 0.295. The van der Waals surface area contributed by atoms with Gasteiger partial charge in [0.1, 0.15) is 5.75 Å². The summed E-state index contributed by atoms with van der Waals surface area (Å²) in [5, 5.41) is 22.8. The molecule has 1 heterocycles. The van der Waals surface area contributed by atoms with Crippen molar-refractivity contribution < 1.29 is 24.5 Å². The van der Waals surface area contributed by atoms with Crippen molar-refractivity contribution in [1.82, 2.24) is 10.2 Å². The SMILES string of the molecule is C/C(=C\C=C(/C)c1ccccc1OCCC1CCCCC1)CNC(=O)[C@H](O)[C@@H](O)C(=O)N1CCCC1. The van der Waals surface area contributed by atoms with Crippen LogP contribution in [0.1, 0.15) is 70.8 Å². The van der Waals surface area contributed by atoms with Gasteiger partial charge in [0.15, 0.2) is 12.2 Å². The molecule has 0 spiro atoms. The molecule has 1 aliphatic carbocycles. The molecule has 1 aromatic carbocycles. The molecular formula is C29H42N2O5. The maximum absolute atomic E-state index is 12.3. The third-order valence-electron chi connectivity index (χ3n) is 7.22. The number of ether oxygens (including phenoxy) is 1. The van der Waals surface area contributed by atoms with Crippen LogP contribution in [0.5, 0.6) is 5.75 Å². The van der Waals surface area contributed by atoms with Crippen LogP contribution >= 0.6 is 0 Å². The summed E-state index contributed by atoms with van der Waals surface area (Å²) >= 11 is 0. The number of likely N-dealkylation sites (tertiary alicyclic amines) is 1. The molecule has 198 valence electrons. The maximum atomic E-state index is 12.3. The zero-order valence-corrected chi connectivity index (χ0v) is 21.7. The molecule has 0 unspecified atom stereocenters. The third kappa shape index (κ3) is 8.20. The van der Waals surface area contributed by atoms with Crippen LogP contribution in [0.4, 0.5) is 0 Å². The van der Waals surface area contributed by atoms with Gasteiger partial charge >= 0.3 is 0 Å². The highest BCUT2D eigenvalue weighted by molar-refractivity contribution is 5.90. The quantitative estimate of drug-likeness (QED) is 0.403. The van der Waals surface area contributed by atoms with E-state index in [1.54, 1.807) is 0 Å². The minimum absolute atomic E-state index is 0.198. The Morgan fingerprint density at radius 1 is 1.03 bits per heavy atom. The summed E-state index contributed by atoms with van der Waals surface area (Å²) in [4.78, 5) is 26.0. The minimum Gasteiger partial charge on any atom is -0.493 e. The Labute approximate surface area is 215 Å². The van der Waals surface area contributed by atoms with Crippen LogP contribution in [0.3, 0.4) is 0 Å². The van der Waals surface area contributed by atoms with Gasteiger partial charge in [-0.15, -0.1) is 0 Å². The first-order valence-electron chi connectivity index (χ1n) is 13.4. The molecule has 2 fully saturated rings. The number of hydrogen-bond donors (Lipinski definition) is 3. The molecule has 2 amide bonds. The fourth-order valence-corrected chi connectivity index (χ4v) is 4.88. The molecule has 1 aliphatic heterocycles. The summed E-state index contributed by atoms with van der Waals surface area (Å²) in [5.41, 5.74) is 2.94. The van der Waals surface area contributed by atoms with Gasteiger partial charge in [-0.1, -0.05) is 68.0 Å². The Morgan fingerprint density at radius 2 is 1.72 bits per heavy atom. The van der Waals surface area contributed by atoms with Gasteiger partial charge in [-0.05, 0) is 50.7 Å². The summed E-state index contributed by atoms with van der Waals surface area (Å²) in [6.45, 7) is 5.91. The first-order valence-corrected chi connectivity index (χ1v) is 13.4. The lowest BCUT2D eigenvalue weighted by molar-refractivity contribution is -0.152. The molecule has 1 aromatic rings. The van der Waals surface area contributed by atoms with Crippen LogP contribution in [0, 0.1) is 5.92 Å². The predicted molar refractivity (Wildman–Crippen MR) is 141 cm³/mol. The second kappa shape index (κ2) is 14.2. The number of carbonyl (C=O) groups excluding carboxylic acids is 2. The standard InChI is InChI=1S/C29H42N2O5/c1-21(20-30-28(34)26(32)27(33)29(35)31-17-8-9-18-31)14-15-22(2)24-12-6-7-13-25(24)36-19-16-23-10-4-3-5-11-23/h6-7,12-15,23,26-27,32-33H,3-5,8-11,16-20H2,1-2H3,(H,30,34)/b21-14+,22-15+/t26-,27-/m1/s1. The fraction of sp³-hybridized carbons (Fsp3) is 0.586. The molecule has 0 bridgehead atoms. The highest BCUT2D eigenvalue weighted by Crippen LogP contribution is 2.29. The van der Waals surface area contributed by atoms with E-state index in [1.165, 1.54) is 37.0 Å². The number of allylic oxidation sites excluding steroid dienone is 3. The largest absolute Gasteiger partial charge is 0.493 e. The maximum Gasteiger partial charge on any atom is 0.254 e. The molecule has 7 heteroatoms. The molecule has 0 aromatic heterocycles. The molecule has 1 saturated heterocycles. The Hall–Kier alpha value is -2.64. The first-order chi connectivity index (χ1) is 17.4. The van der Waals surface area contributed by atoms with E-state index in [-0.39, 0.29) is 6.54 Å². The average Bonchev–Trinajstić information content (AvgIpc) is 3.45. The summed E-state index contributed by atoms with van der Waals surface area (Å²) < 4.78 is 6.15. The van der Waals surface area contributed by atoms with Crippen LogP contribution in [0.2, 0.25) is 0 Å². The van der Waals surface area contributed by atoms with E-state index in [9.17, 15) is 19.8 Å². The number of para-hydroxylation sites is 1. The Bertz CT molecular complexity index is 929. The van der Waals surface area contributed by atoms with E-state index in [2.05, 4.69) is 5.32 Å². The van der Waals surface area contributed by atoms with E-state index in [0.717, 1.165) is 54.2 Å². The predicted octanol–water partition coefficient (Wildman–Crippen LogP) is 3.85. The van der Waals surface area contributed by atoms with E-state index < -0.39 is 24.0 Å². The van der Waals surface area contributed by atoms with Gasteiger partial charge in [0.2, 0.25) is 0 Å². The lowest BCUT2D eigenvalue weighted by atomic mass is 9.87. The lowest BCUT2D eigenvalue weighted by Crippen LogP contribution is -2.50. The number of rotatable bonds is 11.